The Morgan fingerprint density at radius 2 is 1.82 bits per heavy atom. The van der Waals surface area contributed by atoms with Gasteiger partial charge in [0.25, 0.3) is 5.91 Å². The molecule has 0 N–H and O–H groups in total. The Hall–Kier alpha value is -2.84. The van der Waals surface area contributed by atoms with E-state index in [-0.39, 0.29) is 17.1 Å². The van der Waals surface area contributed by atoms with E-state index in [1.165, 1.54) is 0 Å². The number of hydrogen-bond donors (Lipinski definition) is 0. The third-order valence-corrected chi connectivity index (χ3v) is 6.78. The first-order valence-corrected chi connectivity index (χ1v) is 12.3. The highest BCUT2D eigenvalue weighted by Gasteiger charge is 2.43. The molecule has 34 heavy (non-hydrogen) atoms. The summed E-state index contributed by atoms with van der Waals surface area (Å²) in [4.78, 5) is 31.2. The maximum Gasteiger partial charge on any atom is 0.290 e. The highest BCUT2D eigenvalue weighted by Crippen LogP contribution is 2.41. The molecule has 1 atom stereocenters. The van der Waals surface area contributed by atoms with Gasteiger partial charge in [-0.25, -0.2) is 0 Å². The summed E-state index contributed by atoms with van der Waals surface area (Å²) in [5, 5.41) is 0.439. The van der Waals surface area contributed by atoms with Crippen molar-refractivity contribution in [3.8, 4) is 11.5 Å². The first-order chi connectivity index (χ1) is 16.4. The van der Waals surface area contributed by atoms with E-state index in [2.05, 4.69) is 34.7 Å². The van der Waals surface area contributed by atoms with Gasteiger partial charge in [-0.3, -0.25) is 9.59 Å². The van der Waals surface area contributed by atoms with Gasteiger partial charge in [0, 0.05) is 17.6 Å². The van der Waals surface area contributed by atoms with E-state index >= 15 is 0 Å². The van der Waals surface area contributed by atoms with Crippen LogP contribution in [0.4, 0.5) is 0 Å². The predicted octanol–water partition coefficient (Wildman–Crippen LogP) is 4.85. The monoisotopic (exact) mass is 528 g/mol. The second kappa shape index (κ2) is 10.2. The molecule has 1 aliphatic rings. The van der Waals surface area contributed by atoms with E-state index < -0.39 is 6.04 Å². The largest absolute Gasteiger partial charge is 0.493 e. The van der Waals surface area contributed by atoms with E-state index in [9.17, 15) is 9.59 Å². The van der Waals surface area contributed by atoms with Crippen molar-refractivity contribution in [1.29, 1.82) is 0 Å². The number of nitrogens with zero attached hydrogens (tertiary/aromatic N) is 2. The van der Waals surface area contributed by atoms with Gasteiger partial charge in [-0.05, 0) is 55.9 Å². The number of amides is 1. The Morgan fingerprint density at radius 1 is 1.06 bits per heavy atom. The maximum absolute atomic E-state index is 13.7. The van der Waals surface area contributed by atoms with Crippen molar-refractivity contribution in [3.63, 3.8) is 0 Å². The molecule has 4 rings (SSSR count). The first-order valence-electron chi connectivity index (χ1n) is 11.5. The number of hydrogen-bond acceptors (Lipinski definition) is 6. The number of benzene rings is 2. The molecule has 3 aromatic rings. The van der Waals surface area contributed by atoms with E-state index in [1.807, 2.05) is 25.1 Å². The van der Waals surface area contributed by atoms with E-state index in [4.69, 9.17) is 13.9 Å². The quantitative estimate of drug-likeness (QED) is 0.395. The van der Waals surface area contributed by atoms with Crippen LogP contribution in [0, 0.1) is 0 Å². The van der Waals surface area contributed by atoms with Crippen molar-refractivity contribution < 1.29 is 18.7 Å². The standard InChI is InChI=1S/C26H29BrN2O5/c1-5-28(6-2)12-13-29-23(16-8-10-20(33-7-3)21(14-16)32-4)22-24(30)18-15-17(27)9-11-19(18)34-25(22)26(29)31/h8-11,14-15,23H,5-7,12-13H2,1-4H3/t23-/m1/s1. The molecule has 0 unspecified atom stereocenters. The number of carbonyl (C=O) groups excluding carboxylic acids is 1. The van der Waals surface area contributed by atoms with Crippen LogP contribution in [0.15, 0.2) is 50.1 Å². The number of ether oxygens (including phenoxy) is 2. The van der Waals surface area contributed by atoms with Crippen LogP contribution in [0.5, 0.6) is 11.5 Å². The van der Waals surface area contributed by atoms with Crippen molar-refractivity contribution in [1.82, 2.24) is 9.80 Å². The Balaban J connectivity index is 1.89. The topological polar surface area (TPSA) is 72.2 Å². The van der Waals surface area contributed by atoms with Gasteiger partial charge in [0.15, 0.2) is 16.9 Å². The fraction of sp³-hybridized carbons (Fsp3) is 0.385. The highest BCUT2D eigenvalue weighted by molar-refractivity contribution is 9.10. The summed E-state index contributed by atoms with van der Waals surface area (Å²) in [7, 11) is 1.58. The Morgan fingerprint density at radius 3 is 2.50 bits per heavy atom. The Labute approximate surface area is 207 Å². The highest BCUT2D eigenvalue weighted by atomic mass is 79.9. The van der Waals surface area contributed by atoms with Crippen LogP contribution in [0.3, 0.4) is 0 Å². The zero-order valence-corrected chi connectivity index (χ0v) is 21.5. The SMILES string of the molecule is CCOc1ccc([C@@H]2c3c(oc4ccc(Br)cc4c3=O)C(=O)N2CCN(CC)CC)cc1OC. The van der Waals surface area contributed by atoms with Crippen LogP contribution >= 0.6 is 15.9 Å². The zero-order chi connectivity index (χ0) is 24.4. The lowest BCUT2D eigenvalue weighted by Crippen LogP contribution is -2.37. The molecule has 7 nitrogen and oxygen atoms in total. The average molecular weight is 529 g/mol. The van der Waals surface area contributed by atoms with E-state index in [0.717, 1.165) is 23.1 Å². The van der Waals surface area contributed by atoms with Gasteiger partial charge >= 0.3 is 0 Å². The fourth-order valence-corrected chi connectivity index (χ4v) is 4.85. The smallest absolute Gasteiger partial charge is 0.290 e. The predicted molar refractivity (Wildman–Crippen MR) is 135 cm³/mol. The molecular weight excluding hydrogens is 500 g/mol. The molecule has 8 heteroatoms. The Kier molecular flexibility index (Phi) is 7.28. The van der Waals surface area contributed by atoms with Gasteiger partial charge in [-0.2, -0.15) is 0 Å². The molecule has 2 heterocycles. The van der Waals surface area contributed by atoms with Gasteiger partial charge in [0.1, 0.15) is 5.58 Å². The van der Waals surface area contributed by atoms with Crippen LogP contribution in [-0.2, 0) is 0 Å². The summed E-state index contributed by atoms with van der Waals surface area (Å²) in [5.41, 5.74) is 1.33. The second-order valence-corrected chi connectivity index (χ2v) is 9.00. The molecule has 0 aliphatic carbocycles. The fourth-order valence-electron chi connectivity index (χ4n) is 4.49. The third kappa shape index (κ3) is 4.32. The molecule has 0 spiro atoms. The number of rotatable bonds is 9. The summed E-state index contributed by atoms with van der Waals surface area (Å²) in [6.07, 6.45) is 0. The molecule has 180 valence electrons. The first kappa shape index (κ1) is 24.3. The molecule has 0 bridgehead atoms. The minimum Gasteiger partial charge on any atom is -0.493 e. The summed E-state index contributed by atoms with van der Waals surface area (Å²) in [6, 6.07) is 10.2. The lowest BCUT2D eigenvalue weighted by Gasteiger charge is -2.28. The van der Waals surface area contributed by atoms with Crippen molar-refractivity contribution in [3.05, 3.63) is 68.0 Å². The van der Waals surface area contributed by atoms with Gasteiger partial charge in [-0.1, -0.05) is 35.8 Å². The number of fused-ring (bicyclic) bond motifs is 2. The van der Waals surface area contributed by atoms with Crippen LogP contribution in [0.2, 0.25) is 0 Å². The number of halogens is 1. The molecule has 1 aliphatic heterocycles. The number of carbonyl (C=O) groups is 1. The normalized spacial score (nSPS) is 15.3. The summed E-state index contributed by atoms with van der Waals surface area (Å²) < 4.78 is 18.0. The molecule has 2 aromatic carbocycles. The summed E-state index contributed by atoms with van der Waals surface area (Å²) >= 11 is 3.44. The molecule has 0 radical (unpaired) electrons. The van der Waals surface area contributed by atoms with Crippen molar-refractivity contribution in [2.75, 3.05) is 39.9 Å². The third-order valence-electron chi connectivity index (χ3n) is 6.28. The van der Waals surface area contributed by atoms with Crippen LogP contribution in [-0.4, -0.2) is 55.6 Å². The van der Waals surface area contributed by atoms with Crippen LogP contribution < -0.4 is 14.9 Å². The van der Waals surface area contributed by atoms with Crippen LogP contribution in [0.1, 0.15) is 48.5 Å². The summed E-state index contributed by atoms with van der Waals surface area (Å²) in [5.74, 6) is 0.999. The molecule has 1 aromatic heterocycles. The molecule has 0 saturated heterocycles. The minimum absolute atomic E-state index is 0.109. The minimum atomic E-state index is -0.581. The van der Waals surface area contributed by atoms with E-state index in [1.54, 1.807) is 30.2 Å². The lowest BCUT2D eigenvalue weighted by atomic mass is 9.98. The van der Waals surface area contributed by atoms with Gasteiger partial charge in [-0.15, -0.1) is 0 Å². The van der Waals surface area contributed by atoms with Gasteiger partial charge < -0.3 is 23.7 Å². The number of likely N-dealkylation sites (N-methyl/N-ethyl adjacent to an activating group) is 1. The molecule has 0 fully saturated rings. The van der Waals surface area contributed by atoms with E-state index in [0.29, 0.717) is 47.7 Å². The Bertz CT molecular complexity index is 1270. The molecule has 1 amide bonds. The average Bonchev–Trinajstić information content (AvgIpc) is 3.12. The van der Waals surface area contributed by atoms with Crippen molar-refractivity contribution in [2.45, 2.75) is 26.8 Å². The van der Waals surface area contributed by atoms with Gasteiger partial charge in [0.2, 0.25) is 5.76 Å². The van der Waals surface area contributed by atoms with Crippen LogP contribution in [0.25, 0.3) is 11.0 Å². The molecular formula is C26H29BrN2O5. The van der Waals surface area contributed by atoms with Crippen molar-refractivity contribution >= 4 is 32.8 Å². The van der Waals surface area contributed by atoms with Gasteiger partial charge in [0.05, 0.1) is 30.7 Å². The number of methoxy groups -OCH3 is 1. The summed E-state index contributed by atoms with van der Waals surface area (Å²) in [6.45, 7) is 9.50. The zero-order valence-electron chi connectivity index (χ0n) is 19.9. The lowest BCUT2D eigenvalue weighted by molar-refractivity contribution is 0.0708. The second-order valence-electron chi connectivity index (χ2n) is 8.09. The van der Waals surface area contributed by atoms with Crippen molar-refractivity contribution in [2.24, 2.45) is 0 Å². The maximum atomic E-state index is 13.7. The molecule has 0 saturated carbocycles.